The number of hydrogen-bond donors (Lipinski definition) is 0. The van der Waals surface area contributed by atoms with Crippen LogP contribution in [0, 0.1) is 11.3 Å². The number of fused-ring (bicyclic) bond motifs is 10. The van der Waals surface area contributed by atoms with Crippen LogP contribution in [0.1, 0.15) is 22.3 Å². The molecule has 0 amide bonds. The molecule has 0 radical (unpaired) electrons. The van der Waals surface area contributed by atoms with Crippen molar-refractivity contribution in [3.8, 4) is 62.0 Å². The number of halogens is 1. The summed E-state index contributed by atoms with van der Waals surface area (Å²) < 4.78 is 24.9. The molecule has 9 aromatic carbocycles. The molecular formula is C56H32FN3. The highest BCUT2D eigenvalue weighted by Crippen LogP contribution is 2.60. The first-order valence-electron chi connectivity index (χ1n) is 20.3. The summed E-state index contributed by atoms with van der Waals surface area (Å²) in [5, 5.41) is 14.8. The lowest BCUT2D eigenvalue weighted by Gasteiger charge is -2.40. The lowest BCUT2D eigenvalue weighted by atomic mass is 9.73. The van der Waals surface area contributed by atoms with Gasteiger partial charge in [0, 0.05) is 38.2 Å². The number of alkyl halides is 1. The van der Waals surface area contributed by atoms with Crippen molar-refractivity contribution in [3.63, 3.8) is 0 Å². The maximum atomic E-state index is 20.4. The first kappa shape index (κ1) is 33.0. The molecule has 60 heavy (non-hydrogen) atoms. The molecule has 2 aliphatic heterocycles. The van der Waals surface area contributed by atoms with E-state index in [1.54, 1.807) is 0 Å². The second kappa shape index (κ2) is 12.0. The highest BCUT2D eigenvalue weighted by molar-refractivity contribution is 6.17. The first-order valence-corrected chi connectivity index (χ1v) is 20.3. The van der Waals surface area contributed by atoms with Gasteiger partial charge in [0.05, 0.1) is 45.1 Å². The fourth-order valence-corrected chi connectivity index (χ4v) is 10.3. The molecular weight excluding hydrogens is 734 g/mol. The molecule has 0 N–H and O–H groups in total. The minimum atomic E-state index is -2.09. The number of nitriles is 1. The van der Waals surface area contributed by atoms with Crippen molar-refractivity contribution in [2.45, 2.75) is 5.67 Å². The van der Waals surface area contributed by atoms with Crippen LogP contribution in [0.5, 0.6) is 0 Å². The van der Waals surface area contributed by atoms with E-state index < -0.39 is 5.67 Å². The van der Waals surface area contributed by atoms with Gasteiger partial charge in [-0.3, -0.25) is 0 Å². The number of aromatic nitrogens is 2. The van der Waals surface area contributed by atoms with E-state index in [0.29, 0.717) is 33.6 Å². The lowest BCUT2D eigenvalue weighted by molar-refractivity contribution is 0.278. The average Bonchev–Trinajstić information content (AvgIpc) is 3.83. The molecule has 0 saturated heterocycles. The molecule has 13 rings (SSSR count). The maximum absolute atomic E-state index is 20.4. The van der Waals surface area contributed by atoms with E-state index in [4.69, 9.17) is 0 Å². The zero-order valence-corrected chi connectivity index (χ0v) is 32.2. The van der Waals surface area contributed by atoms with Gasteiger partial charge in [-0.25, -0.2) is 4.39 Å². The zero-order chi connectivity index (χ0) is 39.7. The van der Waals surface area contributed by atoms with Gasteiger partial charge in [0.25, 0.3) is 0 Å². The van der Waals surface area contributed by atoms with Crippen molar-refractivity contribution >= 4 is 43.6 Å². The van der Waals surface area contributed by atoms with Gasteiger partial charge in [0.1, 0.15) is 0 Å². The first-order chi connectivity index (χ1) is 29.6. The van der Waals surface area contributed by atoms with Crippen molar-refractivity contribution in [2.75, 3.05) is 0 Å². The number of hydrogen-bond acceptors (Lipinski definition) is 1. The molecule has 0 aliphatic carbocycles. The van der Waals surface area contributed by atoms with Crippen molar-refractivity contribution < 1.29 is 4.39 Å². The second-order valence-corrected chi connectivity index (χ2v) is 16.1. The van der Waals surface area contributed by atoms with Crippen LogP contribution < -0.4 is 0 Å². The normalized spacial score (nSPS) is 13.2. The molecule has 0 unspecified atom stereocenters. The number of rotatable bonds is 4. The molecule has 4 heteroatoms. The fourth-order valence-electron chi connectivity index (χ4n) is 10.3. The van der Waals surface area contributed by atoms with Gasteiger partial charge in [-0.2, -0.15) is 5.26 Å². The third-order valence-corrected chi connectivity index (χ3v) is 12.9. The van der Waals surface area contributed by atoms with Crippen molar-refractivity contribution in [3.05, 3.63) is 216 Å². The van der Waals surface area contributed by atoms with Crippen LogP contribution in [0.2, 0.25) is 0 Å². The van der Waals surface area contributed by atoms with Crippen LogP contribution in [0.4, 0.5) is 4.39 Å². The summed E-state index contributed by atoms with van der Waals surface area (Å²) in [6.45, 7) is 0. The van der Waals surface area contributed by atoms with E-state index in [9.17, 15) is 5.26 Å². The Hall–Kier alpha value is -8.00. The summed E-state index contributed by atoms with van der Waals surface area (Å²) in [7, 11) is 0. The van der Waals surface area contributed by atoms with Gasteiger partial charge in [0.2, 0.25) is 0 Å². The second-order valence-electron chi connectivity index (χ2n) is 16.1. The third kappa shape index (κ3) is 4.36. The Morgan fingerprint density at radius 1 is 0.383 bits per heavy atom. The fraction of sp³-hybridized carbons (Fsp3) is 0.0179. The van der Waals surface area contributed by atoms with Gasteiger partial charge >= 0.3 is 0 Å². The number of nitrogens with zero attached hydrogens (tertiary/aromatic N) is 3. The largest absolute Gasteiger partial charge is 0.308 e. The molecule has 278 valence electrons. The van der Waals surface area contributed by atoms with Crippen molar-refractivity contribution in [2.24, 2.45) is 0 Å². The van der Waals surface area contributed by atoms with Crippen LogP contribution in [-0.4, -0.2) is 9.13 Å². The molecule has 0 bridgehead atoms. The average molecular weight is 766 g/mol. The van der Waals surface area contributed by atoms with E-state index in [0.717, 1.165) is 88.1 Å². The topological polar surface area (TPSA) is 33.6 Å². The molecule has 4 heterocycles. The Labute approximate surface area is 345 Å². The van der Waals surface area contributed by atoms with Crippen LogP contribution >= 0.6 is 0 Å². The van der Waals surface area contributed by atoms with E-state index in [-0.39, 0.29) is 0 Å². The Kier molecular flexibility index (Phi) is 6.61. The van der Waals surface area contributed by atoms with Crippen LogP contribution in [0.25, 0.3) is 99.5 Å². The molecule has 0 spiro atoms. The number of benzene rings is 9. The predicted molar refractivity (Wildman–Crippen MR) is 243 cm³/mol. The monoisotopic (exact) mass is 765 g/mol. The predicted octanol–water partition coefficient (Wildman–Crippen LogP) is 14.3. The minimum absolute atomic E-state index is 0.475. The summed E-state index contributed by atoms with van der Waals surface area (Å²) in [5.41, 5.74) is 13.4. The Morgan fingerprint density at radius 3 is 1.15 bits per heavy atom. The van der Waals surface area contributed by atoms with Crippen molar-refractivity contribution in [1.29, 1.82) is 5.26 Å². The highest BCUT2D eigenvalue weighted by atomic mass is 19.1. The van der Waals surface area contributed by atoms with E-state index in [1.165, 1.54) is 0 Å². The van der Waals surface area contributed by atoms with Crippen molar-refractivity contribution in [1.82, 2.24) is 9.13 Å². The summed E-state index contributed by atoms with van der Waals surface area (Å²) in [6.07, 6.45) is 0. The van der Waals surface area contributed by atoms with E-state index >= 15 is 4.39 Å². The van der Waals surface area contributed by atoms with Gasteiger partial charge in [0.15, 0.2) is 5.67 Å². The Balaban J connectivity index is 1.24. The van der Waals surface area contributed by atoms with Crippen LogP contribution in [-0.2, 0) is 5.67 Å². The molecule has 11 aromatic rings. The van der Waals surface area contributed by atoms with Gasteiger partial charge in [-0.1, -0.05) is 146 Å². The molecule has 0 atom stereocenters. The van der Waals surface area contributed by atoms with Crippen LogP contribution in [0.15, 0.2) is 194 Å². The summed E-state index contributed by atoms with van der Waals surface area (Å²) in [4.78, 5) is 0. The SMILES string of the molecule is N#Cc1cc2c3c(c1)-n1c4cc(-c5ccccc5)ccc4c4cc(-c5ccccc5)cc(c41)C3(F)c1cc(-c3ccccc3)cc3c4ccc(-c5ccccc5)cc4n-2c13. The molecule has 2 aliphatic rings. The molecule has 0 saturated carbocycles. The van der Waals surface area contributed by atoms with Gasteiger partial charge < -0.3 is 9.13 Å². The van der Waals surface area contributed by atoms with Gasteiger partial charge in [-0.15, -0.1) is 0 Å². The minimum Gasteiger partial charge on any atom is -0.308 e. The molecule has 0 fully saturated rings. The smallest absolute Gasteiger partial charge is 0.194 e. The summed E-state index contributed by atoms with van der Waals surface area (Å²) >= 11 is 0. The third-order valence-electron chi connectivity index (χ3n) is 12.9. The molecule has 2 aromatic heterocycles. The maximum Gasteiger partial charge on any atom is 0.194 e. The lowest BCUT2D eigenvalue weighted by Crippen LogP contribution is -2.34. The zero-order valence-electron chi connectivity index (χ0n) is 32.2. The summed E-state index contributed by atoms with van der Waals surface area (Å²) in [6, 6.07) is 69.4. The van der Waals surface area contributed by atoms with E-state index in [2.05, 4.69) is 149 Å². The summed E-state index contributed by atoms with van der Waals surface area (Å²) in [5.74, 6) is 0. The Bertz CT molecular complexity index is 3420. The van der Waals surface area contributed by atoms with E-state index in [1.807, 2.05) is 60.7 Å². The molecule has 3 nitrogen and oxygen atoms in total. The Morgan fingerprint density at radius 2 is 0.767 bits per heavy atom. The standard InChI is InChI=1S/C56H32FN3/c57-56-47-29-41(37-17-9-3-10-18-37)27-45-43-23-21-39(35-13-5-1-6-14-35)31-49(43)59(54(45)47)51-25-34(33-58)26-52(53(51)56)60-50-32-40(36-15-7-2-8-16-36)22-24-44(50)46-28-42(30-48(56)55(46)60)38-19-11-4-12-20-38/h1-32H. The van der Waals surface area contributed by atoms with Gasteiger partial charge in [-0.05, 0) is 93.0 Å². The quantitative estimate of drug-likeness (QED) is 0.176. The van der Waals surface area contributed by atoms with Crippen LogP contribution in [0.3, 0.4) is 0 Å². The highest BCUT2D eigenvalue weighted by Gasteiger charge is 2.51.